The second-order valence-corrected chi connectivity index (χ2v) is 5.63. The summed E-state index contributed by atoms with van der Waals surface area (Å²) in [5.41, 5.74) is 5.68. The second kappa shape index (κ2) is 7.51. The maximum atomic E-state index is 12.7. The molecular formula is C16H15N3O4S. The van der Waals surface area contributed by atoms with E-state index in [2.05, 4.69) is 0 Å². The Balaban J connectivity index is 2.39. The van der Waals surface area contributed by atoms with Gasteiger partial charge in [-0.2, -0.15) is 0 Å². The number of carbonyl (C=O) groups is 3. The van der Waals surface area contributed by atoms with Gasteiger partial charge in [-0.25, -0.2) is 14.2 Å². The van der Waals surface area contributed by atoms with Crippen LogP contribution in [0.25, 0.3) is 0 Å². The molecule has 8 heteroatoms. The molecule has 0 saturated carbocycles. The number of aromatic carboxylic acids is 1. The van der Waals surface area contributed by atoms with Gasteiger partial charge in [-0.15, -0.1) is 0 Å². The fourth-order valence-corrected chi connectivity index (χ4v) is 2.64. The number of benzene rings is 2. The maximum Gasteiger partial charge on any atom is 0.336 e. The van der Waals surface area contributed by atoms with Crippen molar-refractivity contribution < 1.29 is 19.5 Å². The number of carboxylic acids is 1. The first kappa shape index (κ1) is 17.4. The average molecular weight is 345 g/mol. The molecule has 24 heavy (non-hydrogen) atoms. The van der Waals surface area contributed by atoms with Crippen LogP contribution in [0.4, 0.5) is 10.5 Å². The van der Waals surface area contributed by atoms with Gasteiger partial charge in [0.25, 0.3) is 11.1 Å². The molecule has 0 aliphatic heterocycles. The largest absolute Gasteiger partial charge is 0.478 e. The van der Waals surface area contributed by atoms with Gasteiger partial charge in [-0.05, 0) is 24.3 Å². The Morgan fingerprint density at radius 2 is 1.50 bits per heavy atom. The molecule has 0 radical (unpaired) electrons. The molecule has 0 bridgehead atoms. The standard InChI is InChI=1S/C16H15N3O4S/c1-18(14(20)12-9-5-6-10-13(12)15(21)22)19(24-16(17)23)11-7-3-2-4-8-11/h2-10H,1H3,(H2,17,23)(H,21,22). The van der Waals surface area contributed by atoms with Crippen LogP contribution in [-0.2, 0) is 0 Å². The first-order chi connectivity index (χ1) is 11.4. The summed E-state index contributed by atoms with van der Waals surface area (Å²) in [5, 5.41) is 9.68. The van der Waals surface area contributed by atoms with E-state index >= 15 is 0 Å². The predicted octanol–water partition coefficient (Wildman–Crippen LogP) is 2.61. The first-order valence-electron chi connectivity index (χ1n) is 6.84. The lowest BCUT2D eigenvalue weighted by molar-refractivity contribution is 0.0683. The molecule has 2 amide bonds. The van der Waals surface area contributed by atoms with Crippen LogP contribution in [0.15, 0.2) is 54.6 Å². The highest BCUT2D eigenvalue weighted by Crippen LogP contribution is 2.25. The fourth-order valence-electron chi connectivity index (χ4n) is 2.04. The molecule has 124 valence electrons. The third-order valence-corrected chi connectivity index (χ3v) is 3.92. The highest BCUT2D eigenvalue weighted by atomic mass is 32.2. The second-order valence-electron chi connectivity index (χ2n) is 4.70. The number of rotatable bonds is 5. The topological polar surface area (TPSA) is 104 Å². The number of primary amides is 1. The molecule has 7 nitrogen and oxygen atoms in total. The van der Waals surface area contributed by atoms with E-state index in [0.717, 1.165) is 5.01 Å². The van der Waals surface area contributed by atoms with Gasteiger partial charge in [0.05, 0.1) is 28.8 Å². The van der Waals surface area contributed by atoms with Gasteiger partial charge in [0.2, 0.25) is 0 Å². The molecule has 0 aromatic heterocycles. The molecule has 0 heterocycles. The van der Waals surface area contributed by atoms with Gasteiger partial charge in [0.1, 0.15) is 0 Å². The number of anilines is 1. The zero-order valence-electron chi connectivity index (χ0n) is 12.7. The van der Waals surface area contributed by atoms with Crippen molar-refractivity contribution in [3.63, 3.8) is 0 Å². The molecule has 2 rings (SSSR count). The zero-order chi connectivity index (χ0) is 17.7. The van der Waals surface area contributed by atoms with Crippen molar-refractivity contribution in [1.82, 2.24) is 5.01 Å². The van der Waals surface area contributed by atoms with Gasteiger partial charge >= 0.3 is 5.97 Å². The number of carbonyl (C=O) groups excluding carboxylic acids is 2. The van der Waals surface area contributed by atoms with E-state index < -0.39 is 17.1 Å². The number of para-hydroxylation sites is 1. The van der Waals surface area contributed by atoms with Crippen molar-refractivity contribution in [1.29, 1.82) is 0 Å². The van der Waals surface area contributed by atoms with Crippen molar-refractivity contribution in [3.05, 3.63) is 65.7 Å². The van der Waals surface area contributed by atoms with Gasteiger partial charge in [-0.3, -0.25) is 9.59 Å². The van der Waals surface area contributed by atoms with E-state index in [0.29, 0.717) is 17.6 Å². The van der Waals surface area contributed by atoms with E-state index in [1.807, 2.05) is 0 Å². The summed E-state index contributed by atoms with van der Waals surface area (Å²) in [7, 11) is 1.43. The lowest BCUT2D eigenvalue weighted by Gasteiger charge is -2.31. The number of hydrogen-bond donors (Lipinski definition) is 2. The number of hydrogen-bond acceptors (Lipinski definition) is 5. The summed E-state index contributed by atoms with van der Waals surface area (Å²) in [6, 6.07) is 14.5. The molecule has 0 spiro atoms. The molecule has 3 N–H and O–H groups in total. The quantitative estimate of drug-likeness (QED) is 0.638. The monoisotopic (exact) mass is 345 g/mol. The number of amides is 2. The zero-order valence-corrected chi connectivity index (χ0v) is 13.6. The molecule has 2 aromatic carbocycles. The molecule has 0 fully saturated rings. The van der Waals surface area contributed by atoms with E-state index in [1.54, 1.807) is 36.4 Å². The summed E-state index contributed by atoms with van der Waals surface area (Å²) in [4.78, 5) is 35.4. The lowest BCUT2D eigenvalue weighted by Crippen LogP contribution is -2.41. The fraction of sp³-hybridized carbons (Fsp3) is 0.0625. The predicted molar refractivity (Wildman–Crippen MR) is 91.6 cm³/mol. The summed E-state index contributed by atoms with van der Waals surface area (Å²) < 4.78 is 1.31. The SMILES string of the molecule is CN(C(=O)c1ccccc1C(=O)O)N(SC(N)=O)c1ccccc1. The van der Waals surface area contributed by atoms with Gasteiger partial charge in [0, 0.05) is 7.05 Å². The summed E-state index contributed by atoms with van der Waals surface area (Å²) in [5.74, 6) is -1.79. The third-order valence-electron chi connectivity index (χ3n) is 3.11. The van der Waals surface area contributed by atoms with Crippen LogP contribution in [-0.4, -0.2) is 34.3 Å². The Morgan fingerprint density at radius 1 is 0.958 bits per heavy atom. The van der Waals surface area contributed by atoms with Crippen molar-refractivity contribution in [2.24, 2.45) is 5.73 Å². The Labute approximate surface area is 142 Å². The minimum absolute atomic E-state index is 0.0125. The smallest absolute Gasteiger partial charge is 0.336 e. The molecule has 0 aliphatic rings. The summed E-state index contributed by atoms with van der Waals surface area (Å²) in [6.45, 7) is 0. The van der Waals surface area contributed by atoms with Gasteiger partial charge < -0.3 is 10.8 Å². The molecule has 2 aromatic rings. The molecule has 0 saturated heterocycles. The maximum absolute atomic E-state index is 12.7. The van der Waals surface area contributed by atoms with Gasteiger partial charge in [-0.1, -0.05) is 30.3 Å². The van der Waals surface area contributed by atoms with Crippen molar-refractivity contribution in [2.75, 3.05) is 11.5 Å². The van der Waals surface area contributed by atoms with E-state index in [4.69, 9.17) is 5.73 Å². The molecule has 0 atom stereocenters. The lowest BCUT2D eigenvalue weighted by atomic mass is 10.1. The number of nitrogens with two attached hydrogens (primary N) is 1. The first-order valence-corrected chi connectivity index (χ1v) is 7.62. The molecule has 0 unspecified atom stereocenters. The van der Waals surface area contributed by atoms with Crippen LogP contribution in [0.5, 0.6) is 0 Å². The van der Waals surface area contributed by atoms with Crippen LogP contribution >= 0.6 is 11.9 Å². The Morgan fingerprint density at radius 3 is 2.04 bits per heavy atom. The van der Waals surface area contributed by atoms with Crippen LogP contribution in [0, 0.1) is 0 Å². The van der Waals surface area contributed by atoms with E-state index in [1.165, 1.54) is 29.7 Å². The summed E-state index contributed by atoms with van der Waals surface area (Å²) >= 11 is 0.628. The molecular weight excluding hydrogens is 330 g/mol. The Kier molecular flexibility index (Phi) is 5.43. The van der Waals surface area contributed by atoms with Crippen LogP contribution < -0.4 is 10.1 Å². The average Bonchev–Trinajstić information content (AvgIpc) is 2.59. The number of hydrazine groups is 1. The minimum atomic E-state index is -1.21. The van der Waals surface area contributed by atoms with E-state index in [9.17, 15) is 19.5 Å². The van der Waals surface area contributed by atoms with Crippen LogP contribution in [0.3, 0.4) is 0 Å². The summed E-state index contributed by atoms with van der Waals surface area (Å²) in [6.07, 6.45) is 0. The van der Waals surface area contributed by atoms with Crippen LogP contribution in [0.1, 0.15) is 20.7 Å². The Hall–Kier alpha value is -3.00. The van der Waals surface area contributed by atoms with Crippen molar-refractivity contribution in [2.45, 2.75) is 0 Å². The number of carboxylic acid groups (broad SMARTS) is 1. The normalized spacial score (nSPS) is 10.0. The van der Waals surface area contributed by atoms with Crippen molar-refractivity contribution in [3.8, 4) is 0 Å². The minimum Gasteiger partial charge on any atom is -0.478 e. The molecule has 0 aliphatic carbocycles. The van der Waals surface area contributed by atoms with E-state index in [-0.39, 0.29) is 11.1 Å². The van der Waals surface area contributed by atoms with Gasteiger partial charge in [0.15, 0.2) is 0 Å². The Bertz CT molecular complexity index is 767. The van der Waals surface area contributed by atoms with Crippen LogP contribution in [0.2, 0.25) is 0 Å². The highest BCUT2D eigenvalue weighted by Gasteiger charge is 2.25. The highest BCUT2D eigenvalue weighted by molar-refractivity contribution is 8.14. The third kappa shape index (κ3) is 3.85. The number of nitrogens with zero attached hydrogens (tertiary/aromatic N) is 2. The van der Waals surface area contributed by atoms with Crippen molar-refractivity contribution >= 4 is 34.8 Å².